The summed E-state index contributed by atoms with van der Waals surface area (Å²) >= 11 is 0. The van der Waals surface area contributed by atoms with E-state index in [1.54, 1.807) is 18.2 Å². The number of likely N-dealkylation sites (tertiary alicyclic amines) is 1. The molecule has 1 aromatic heterocycles. The van der Waals surface area contributed by atoms with E-state index in [2.05, 4.69) is 20.7 Å². The number of hydrogen-bond donors (Lipinski definition) is 3. The topological polar surface area (TPSA) is 112 Å². The predicted molar refractivity (Wildman–Crippen MR) is 121 cm³/mol. The van der Waals surface area contributed by atoms with Crippen molar-refractivity contribution in [3.63, 3.8) is 0 Å². The second kappa shape index (κ2) is 10.1. The predicted octanol–water partition coefficient (Wildman–Crippen LogP) is 3.28. The average Bonchev–Trinajstić information content (AvgIpc) is 3.35. The normalized spacial score (nSPS) is 15.1. The zero-order chi connectivity index (χ0) is 25.0. The number of benzene rings is 2. The van der Waals surface area contributed by atoms with Gasteiger partial charge >= 0.3 is 6.18 Å². The molecule has 0 saturated carbocycles. The Morgan fingerprint density at radius 2 is 1.80 bits per heavy atom. The number of carbonyl (C=O) groups excluding carboxylic acids is 2. The van der Waals surface area contributed by atoms with E-state index in [9.17, 15) is 27.9 Å². The molecule has 35 heavy (non-hydrogen) atoms. The van der Waals surface area contributed by atoms with Crippen LogP contribution in [-0.2, 0) is 15.8 Å². The molecule has 0 bridgehead atoms. The fraction of sp³-hybridized carbons (Fsp3) is 0.304. The summed E-state index contributed by atoms with van der Waals surface area (Å²) < 4.78 is 40.9. The summed E-state index contributed by atoms with van der Waals surface area (Å²) in [5.74, 6) is -0.994. The van der Waals surface area contributed by atoms with Gasteiger partial charge in [0, 0.05) is 5.92 Å². The molecule has 1 aliphatic heterocycles. The van der Waals surface area contributed by atoms with Crippen molar-refractivity contribution in [3.05, 3.63) is 60.7 Å². The first-order valence-electron chi connectivity index (χ1n) is 10.9. The number of halogens is 3. The van der Waals surface area contributed by atoms with Gasteiger partial charge in [-0.25, -0.2) is 9.67 Å². The highest BCUT2D eigenvalue weighted by atomic mass is 19.4. The van der Waals surface area contributed by atoms with Crippen LogP contribution in [0.15, 0.2) is 55.1 Å². The van der Waals surface area contributed by atoms with Gasteiger partial charge < -0.3 is 15.7 Å². The van der Waals surface area contributed by atoms with Crippen LogP contribution in [0.25, 0.3) is 5.69 Å². The maximum Gasteiger partial charge on any atom is 0.416 e. The van der Waals surface area contributed by atoms with Crippen molar-refractivity contribution < 1.29 is 27.9 Å². The number of phenolic OH excluding ortho intramolecular Hbond substituents is 1. The largest absolute Gasteiger partial charge is 0.506 e. The molecule has 9 nitrogen and oxygen atoms in total. The molecule has 2 aromatic carbocycles. The number of piperidine rings is 1. The highest BCUT2D eigenvalue weighted by Gasteiger charge is 2.32. The van der Waals surface area contributed by atoms with E-state index in [4.69, 9.17) is 0 Å². The number of carbonyl (C=O) groups is 2. The van der Waals surface area contributed by atoms with E-state index in [1.807, 2.05) is 4.90 Å². The lowest BCUT2D eigenvalue weighted by atomic mass is 9.95. The standard InChI is InChI=1S/C23H23F3N6O3/c24-23(25,26)16-5-6-19(32-14-27-13-28-32)18(11-16)29-21(34)12-31-9-7-15(8-10-31)22(35)30-17-3-1-2-4-20(17)33/h1-6,11,13-15,33H,7-10,12H2,(H,29,34)(H,30,35). The van der Waals surface area contributed by atoms with E-state index in [0.29, 0.717) is 31.6 Å². The number of rotatable bonds is 6. The number of nitrogens with one attached hydrogen (secondary N) is 2. The highest BCUT2D eigenvalue weighted by Crippen LogP contribution is 2.33. The summed E-state index contributed by atoms with van der Waals surface area (Å²) in [7, 11) is 0. The van der Waals surface area contributed by atoms with Crippen LogP contribution in [0.2, 0.25) is 0 Å². The zero-order valence-corrected chi connectivity index (χ0v) is 18.5. The van der Waals surface area contributed by atoms with Crippen molar-refractivity contribution in [2.24, 2.45) is 5.92 Å². The third-order valence-electron chi connectivity index (χ3n) is 5.75. The lowest BCUT2D eigenvalue weighted by molar-refractivity contribution is -0.137. The van der Waals surface area contributed by atoms with Gasteiger partial charge in [-0.3, -0.25) is 14.5 Å². The molecular formula is C23H23F3N6O3. The number of nitrogens with zero attached hydrogens (tertiary/aromatic N) is 4. The van der Waals surface area contributed by atoms with Gasteiger partial charge in [0.05, 0.1) is 29.2 Å². The van der Waals surface area contributed by atoms with Crippen molar-refractivity contribution in [1.82, 2.24) is 19.7 Å². The number of para-hydroxylation sites is 2. The molecule has 12 heteroatoms. The molecule has 184 valence electrons. The van der Waals surface area contributed by atoms with Gasteiger partial charge in [-0.1, -0.05) is 12.1 Å². The molecule has 3 N–H and O–H groups in total. The minimum absolute atomic E-state index is 0.0187. The summed E-state index contributed by atoms with van der Waals surface area (Å²) in [5, 5.41) is 19.0. The second-order valence-electron chi connectivity index (χ2n) is 8.17. The van der Waals surface area contributed by atoms with Gasteiger partial charge in [0.25, 0.3) is 0 Å². The van der Waals surface area contributed by atoms with E-state index in [1.165, 1.54) is 29.5 Å². The van der Waals surface area contributed by atoms with Gasteiger partial charge in [-0.2, -0.15) is 18.3 Å². The van der Waals surface area contributed by atoms with Gasteiger partial charge in [-0.15, -0.1) is 0 Å². The molecule has 0 spiro atoms. The Bertz CT molecular complexity index is 1190. The van der Waals surface area contributed by atoms with Crippen LogP contribution in [0, 0.1) is 5.92 Å². The monoisotopic (exact) mass is 488 g/mol. The van der Waals surface area contributed by atoms with Crippen LogP contribution in [0.5, 0.6) is 5.75 Å². The second-order valence-corrected chi connectivity index (χ2v) is 8.17. The lowest BCUT2D eigenvalue weighted by Crippen LogP contribution is -2.41. The number of alkyl halides is 3. The molecule has 2 amide bonds. The van der Waals surface area contributed by atoms with Crippen LogP contribution >= 0.6 is 0 Å². The molecule has 0 aliphatic carbocycles. The maximum atomic E-state index is 13.2. The van der Waals surface area contributed by atoms with E-state index in [-0.39, 0.29) is 35.5 Å². The Labute approximate surface area is 198 Å². The molecule has 1 aliphatic rings. The van der Waals surface area contributed by atoms with Crippen LogP contribution in [0.3, 0.4) is 0 Å². The summed E-state index contributed by atoms with van der Waals surface area (Å²) in [6.45, 7) is 0.885. The van der Waals surface area contributed by atoms with Gasteiger partial charge in [0.2, 0.25) is 11.8 Å². The first-order valence-corrected chi connectivity index (χ1v) is 10.9. The third-order valence-corrected chi connectivity index (χ3v) is 5.75. The Balaban J connectivity index is 1.36. The number of anilines is 2. The van der Waals surface area contributed by atoms with E-state index >= 15 is 0 Å². The Hall–Kier alpha value is -3.93. The van der Waals surface area contributed by atoms with Gasteiger partial charge in [0.15, 0.2) is 0 Å². The Morgan fingerprint density at radius 1 is 1.06 bits per heavy atom. The fourth-order valence-electron chi connectivity index (χ4n) is 3.91. The molecule has 0 unspecified atom stereocenters. The highest BCUT2D eigenvalue weighted by molar-refractivity contribution is 5.95. The minimum Gasteiger partial charge on any atom is -0.506 e. The van der Waals surface area contributed by atoms with Crippen molar-refractivity contribution in [2.45, 2.75) is 19.0 Å². The van der Waals surface area contributed by atoms with Gasteiger partial charge in [0.1, 0.15) is 18.4 Å². The summed E-state index contributed by atoms with van der Waals surface area (Å²) in [5.41, 5.74) is -0.341. The molecule has 4 rings (SSSR count). The number of amides is 2. The summed E-state index contributed by atoms with van der Waals surface area (Å²) in [6.07, 6.45) is -1.01. The molecule has 1 saturated heterocycles. The molecular weight excluding hydrogens is 465 g/mol. The molecule has 1 fully saturated rings. The number of aromatic hydroxyl groups is 1. The van der Waals surface area contributed by atoms with Crippen LogP contribution < -0.4 is 10.6 Å². The van der Waals surface area contributed by atoms with Crippen molar-refractivity contribution in [1.29, 1.82) is 0 Å². The van der Waals surface area contributed by atoms with Crippen molar-refractivity contribution >= 4 is 23.2 Å². The quantitative estimate of drug-likeness (QED) is 0.459. The summed E-state index contributed by atoms with van der Waals surface area (Å²) in [6, 6.07) is 9.45. The summed E-state index contributed by atoms with van der Waals surface area (Å²) in [4.78, 5) is 30.8. The minimum atomic E-state index is -4.57. The number of phenols is 1. The Kier molecular flexibility index (Phi) is 7.01. The third kappa shape index (κ3) is 5.96. The molecule has 0 atom stereocenters. The number of hydrogen-bond acceptors (Lipinski definition) is 6. The van der Waals surface area contributed by atoms with E-state index in [0.717, 1.165) is 12.1 Å². The number of aromatic nitrogens is 3. The van der Waals surface area contributed by atoms with Gasteiger partial charge in [-0.05, 0) is 56.3 Å². The van der Waals surface area contributed by atoms with Crippen LogP contribution in [0.4, 0.5) is 24.5 Å². The van der Waals surface area contributed by atoms with Crippen LogP contribution in [-0.4, -0.2) is 56.2 Å². The smallest absolute Gasteiger partial charge is 0.416 e. The molecule has 3 aromatic rings. The fourth-order valence-corrected chi connectivity index (χ4v) is 3.91. The average molecular weight is 488 g/mol. The van der Waals surface area contributed by atoms with E-state index < -0.39 is 17.6 Å². The Morgan fingerprint density at radius 3 is 2.46 bits per heavy atom. The SMILES string of the molecule is O=C(CN1CCC(C(=O)Nc2ccccc2O)CC1)Nc1cc(C(F)(F)F)ccc1-n1cncn1. The molecule has 0 radical (unpaired) electrons. The van der Waals surface area contributed by atoms with Crippen LogP contribution in [0.1, 0.15) is 18.4 Å². The first-order chi connectivity index (χ1) is 16.7. The zero-order valence-electron chi connectivity index (χ0n) is 18.5. The van der Waals surface area contributed by atoms with Crippen molar-refractivity contribution in [2.75, 3.05) is 30.3 Å². The maximum absolute atomic E-state index is 13.2. The van der Waals surface area contributed by atoms with Crippen molar-refractivity contribution in [3.8, 4) is 11.4 Å². The lowest BCUT2D eigenvalue weighted by Gasteiger charge is -2.30. The first kappa shape index (κ1) is 24.2. The molecule has 2 heterocycles.